The number of imidazole rings is 1. The third-order valence-electron chi connectivity index (χ3n) is 6.97. The van der Waals surface area contributed by atoms with Gasteiger partial charge in [-0.2, -0.15) is 0 Å². The first-order chi connectivity index (χ1) is 18.4. The monoisotopic (exact) mass is 520 g/mol. The van der Waals surface area contributed by atoms with Gasteiger partial charge in [0, 0.05) is 23.3 Å². The molecule has 3 heterocycles. The molecule has 0 aliphatic heterocycles. The summed E-state index contributed by atoms with van der Waals surface area (Å²) in [6, 6.07) is 21.6. The van der Waals surface area contributed by atoms with E-state index >= 15 is 0 Å². The highest BCUT2D eigenvalue weighted by atomic mass is 32.2. The van der Waals surface area contributed by atoms with Crippen molar-refractivity contribution in [3.63, 3.8) is 0 Å². The van der Waals surface area contributed by atoms with Crippen LogP contribution in [0, 0.1) is 0 Å². The second kappa shape index (κ2) is 8.10. The fourth-order valence-electron chi connectivity index (χ4n) is 5.27. The van der Waals surface area contributed by atoms with E-state index in [1.54, 1.807) is 24.5 Å². The molecule has 0 saturated carbocycles. The first-order valence-corrected chi connectivity index (χ1v) is 13.4. The lowest BCUT2D eigenvalue weighted by molar-refractivity contribution is 0.0945. The van der Waals surface area contributed by atoms with E-state index in [0.717, 1.165) is 33.2 Å². The molecule has 9 nitrogen and oxygen atoms in total. The van der Waals surface area contributed by atoms with E-state index in [1.807, 2.05) is 48.5 Å². The van der Waals surface area contributed by atoms with E-state index in [1.165, 1.54) is 12.1 Å². The van der Waals surface area contributed by atoms with Gasteiger partial charge in [-0.3, -0.25) is 4.79 Å². The first-order valence-electron chi connectivity index (χ1n) is 11.9. The highest BCUT2D eigenvalue weighted by Gasteiger charge is 2.32. The molecule has 186 valence electrons. The Bertz CT molecular complexity index is 2030. The van der Waals surface area contributed by atoms with Crippen LogP contribution in [0.3, 0.4) is 0 Å². The summed E-state index contributed by atoms with van der Waals surface area (Å²) in [4.78, 5) is 28.8. The van der Waals surface area contributed by atoms with Gasteiger partial charge in [0.05, 0.1) is 27.5 Å². The smallest absolute Gasteiger partial charge is 0.252 e. The summed E-state index contributed by atoms with van der Waals surface area (Å²) in [6.45, 7) is 0. The Morgan fingerprint density at radius 2 is 1.76 bits per heavy atom. The fourth-order valence-corrected chi connectivity index (χ4v) is 5.81. The van der Waals surface area contributed by atoms with Gasteiger partial charge in [0.25, 0.3) is 5.91 Å². The number of carbonyl (C=O) groups excluding carboxylic acids is 1. The molecule has 1 atom stereocenters. The Morgan fingerprint density at radius 3 is 2.63 bits per heavy atom. The van der Waals surface area contributed by atoms with Crippen molar-refractivity contribution in [3.8, 4) is 22.5 Å². The molecule has 0 saturated heterocycles. The van der Waals surface area contributed by atoms with Gasteiger partial charge in [0.15, 0.2) is 0 Å². The Kier molecular flexibility index (Phi) is 4.78. The Balaban J connectivity index is 1.34. The van der Waals surface area contributed by atoms with Crippen molar-refractivity contribution in [2.45, 2.75) is 10.9 Å². The molecule has 10 heteroatoms. The summed E-state index contributed by atoms with van der Waals surface area (Å²) in [5.74, 6) is 0.391. The zero-order chi connectivity index (χ0) is 26.0. The number of primary sulfonamides is 1. The van der Waals surface area contributed by atoms with Gasteiger partial charge in [-0.1, -0.05) is 42.5 Å². The fraction of sp³-hybridized carbons (Fsp3) is 0.0357. The number of sulfonamides is 1. The maximum absolute atomic E-state index is 13.5. The van der Waals surface area contributed by atoms with Crippen molar-refractivity contribution in [3.05, 3.63) is 102 Å². The van der Waals surface area contributed by atoms with Crippen LogP contribution in [0.5, 0.6) is 0 Å². The topological polar surface area (TPSA) is 147 Å². The Morgan fingerprint density at radius 1 is 0.947 bits per heavy atom. The minimum atomic E-state index is -3.84. The number of H-pyrrole nitrogens is 2. The number of nitrogens with two attached hydrogens (primary N) is 1. The van der Waals surface area contributed by atoms with Crippen molar-refractivity contribution >= 4 is 38.0 Å². The molecule has 1 aliphatic carbocycles. The molecule has 0 unspecified atom stereocenters. The van der Waals surface area contributed by atoms with E-state index in [4.69, 9.17) is 10.1 Å². The number of hydrogen-bond donors (Lipinski definition) is 4. The first kappa shape index (κ1) is 22.4. The number of nitrogens with zero attached hydrogens (tertiary/aromatic N) is 2. The lowest BCUT2D eigenvalue weighted by Gasteiger charge is -2.16. The number of aromatic nitrogens is 4. The van der Waals surface area contributed by atoms with Crippen LogP contribution >= 0.6 is 0 Å². The van der Waals surface area contributed by atoms with Crippen LogP contribution in [0.15, 0.2) is 90.1 Å². The predicted octanol–water partition coefficient (Wildman–Crippen LogP) is 4.25. The van der Waals surface area contributed by atoms with E-state index < -0.39 is 10.0 Å². The lowest BCUT2D eigenvalue weighted by atomic mass is 9.98. The predicted molar refractivity (Wildman–Crippen MR) is 144 cm³/mol. The summed E-state index contributed by atoms with van der Waals surface area (Å²) in [6.07, 6.45) is 3.38. The third kappa shape index (κ3) is 3.42. The van der Waals surface area contributed by atoms with Gasteiger partial charge in [-0.25, -0.2) is 23.5 Å². The van der Waals surface area contributed by atoms with Gasteiger partial charge in [-0.05, 0) is 52.6 Å². The minimum Gasteiger partial charge on any atom is -0.346 e. The molecule has 38 heavy (non-hydrogen) atoms. The molecule has 1 amide bonds. The number of aromatic amines is 2. The molecule has 0 spiro atoms. The average molecular weight is 521 g/mol. The molecule has 6 aromatic rings. The second-order valence-corrected chi connectivity index (χ2v) is 10.7. The van der Waals surface area contributed by atoms with E-state index in [2.05, 4.69) is 20.3 Å². The van der Waals surface area contributed by atoms with Crippen LogP contribution in [-0.2, 0) is 10.0 Å². The van der Waals surface area contributed by atoms with Crippen molar-refractivity contribution in [2.24, 2.45) is 5.14 Å². The van der Waals surface area contributed by atoms with Crippen LogP contribution in [0.2, 0.25) is 0 Å². The van der Waals surface area contributed by atoms with Gasteiger partial charge in [-0.15, -0.1) is 0 Å². The molecule has 0 radical (unpaired) electrons. The number of amides is 1. The van der Waals surface area contributed by atoms with Gasteiger partial charge < -0.3 is 15.3 Å². The lowest BCUT2D eigenvalue weighted by Crippen LogP contribution is -2.28. The van der Waals surface area contributed by atoms with Gasteiger partial charge in [0.2, 0.25) is 10.0 Å². The van der Waals surface area contributed by atoms with Crippen molar-refractivity contribution in [2.75, 3.05) is 0 Å². The summed E-state index contributed by atoms with van der Waals surface area (Å²) >= 11 is 0. The standard InChI is InChI=1S/C28H20N6O3S/c29-38(36,37)15-8-9-22-23(14-15)33-27(32-22)21-7-3-6-20-24(21)16-4-1-2-5-17(16)25(20)34-28(35)19-11-13-31-26-18(19)10-12-30-26/h1-14,25H,(H,30,31)(H,32,33)(H,34,35)(H2,29,36,37)/t25-/m1/s1. The molecule has 0 fully saturated rings. The summed E-state index contributed by atoms with van der Waals surface area (Å²) in [5, 5.41) is 9.30. The molecule has 3 aromatic heterocycles. The van der Waals surface area contributed by atoms with E-state index in [-0.39, 0.29) is 16.8 Å². The molecular formula is C28H20N6O3S. The molecule has 3 aromatic carbocycles. The number of fused-ring (bicyclic) bond motifs is 5. The molecular weight excluding hydrogens is 500 g/mol. The number of pyridine rings is 1. The van der Waals surface area contributed by atoms with Crippen molar-refractivity contribution in [1.29, 1.82) is 0 Å². The molecule has 1 aliphatic rings. The zero-order valence-corrected chi connectivity index (χ0v) is 20.6. The summed E-state index contributed by atoms with van der Waals surface area (Å²) < 4.78 is 23.7. The Labute approximate surface area is 216 Å². The van der Waals surface area contributed by atoms with Crippen LogP contribution in [0.25, 0.3) is 44.6 Å². The third-order valence-corrected chi connectivity index (χ3v) is 7.88. The number of hydrogen-bond acceptors (Lipinski definition) is 5. The van der Waals surface area contributed by atoms with Crippen LogP contribution < -0.4 is 10.5 Å². The summed E-state index contributed by atoms with van der Waals surface area (Å²) in [7, 11) is -3.84. The number of carbonyl (C=O) groups is 1. The average Bonchev–Trinajstić information content (AvgIpc) is 3.64. The second-order valence-electron chi connectivity index (χ2n) is 9.17. The van der Waals surface area contributed by atoms with Crippen LogP contribution in [0.1, 0.15) is 27.5 Å². The maximum atomic E-state index is 13.5. The van der Waals surface area contributed by atoms with Gasteiger partial charge >= 0.3 is 0 Å². The van der Waals surface area contributed by atoms with Crippen molar-refractivity contribution in [1.82, 2.24) is 25.3 Å². The molecule has 0 bridgehead atoms. The van der Waals surface area contributed by atoms with Crippen LogP contribution in [0.4, 0.5) is 0 Å². The normalized spacial score (nSPS) is 14.5. The number of benzene rings is 3. The maximum Gasteiger partial charge on any atom is 0.252 e. The van der Waals surface area contributed by atoms with Crippen molar-refractivity contribution < 1.29 is 13.2 Å². The highest BCUT2D eigenvalue weighted by Crippen LogP contribution is 2.47. The quantitative estimate of drug-likeness (QED) is 0.274. The largest absolute Gasteiger partial charge is 0.346 e. The summed E-state index contributed by atoms with van der Waals surface area (Å²) in [5.41, 5.74) is 7.11. The zero-order valence-electron chi connectivity index (χ0n) is 19.8. The Hall–Kier alpha value is -4.80. The van der Waals surface area contributed by atoms with E-state index in [0.29, 0.717) is 28.1 Å². The molecule has 7 rings (SSSR count). The van der Waals surface area contributed by atoms with E-state index in [9.17, 15) is 13.2 Å². The number of nitrogens with one attached hydrogen (secondary N) is 3. The van der Waals surface area contributed by atoms with Crippen LogP contribution in [-0.4, -0.2) is 34.3 Å². The van der Waals surface area contributed by atoms with Gasteiger partial charge in [0.1, 0.15) is 11.5 Å². The SMILES string of the molecule is NS(=O)(=O)c1ccc2nc(-c3cccc4c3-c3ccccc3[C@H]4NC(=O)c3ccnc4[nH]ccc34)[nH]c2c1. The minimum absolute atomic E-state index is 0.0132. The highest BCUT2D eigenvalue weighted by molar-refractivity contribution is 7.89. The molecule has 5 N–H and O–H groups in total. The number of rotatable bonds is 4.